The van der Waals surface area contributed by atoms with Gasteiger partial charge in [-0.25, -0.2) is 0 Å². The van der Waals surface area contributed by atoms with E-state index in [0.29, 0.717) is 0 Å². The molecule has 0 saturated heterocycles. The van der Waals surface area contributed by atoms with E-state index in [1.807, 2.05) is 0 Å². The van der Waals surface area contributed by atoms with Gasteiger partial charge in [-0.2, -0.15) is 0 Å². The fraction of sp³-hybridized carbons (Fsp3) is 0.0164. The molecule has 4 aliphatic rings. The van der Waals surface area contributed by atoms with Gasteiger partial charge >= 0.3 is 0 Å². The van der Waals surface area contributed by atoms with Crippen molar-refractivity contribution in [3.8, 4) is 66.8 Å². The molecular formula is C61H38N2. The van der Waals surface area contributed by atoms with E-state index in [-0.39, 0.29) is 0 Å². The molecule has 10 aromatic rings. The number of anilines is 6. The lowest BCUT2D eigenvalue weighted by Gasteiger charge is -2.33. The van der Waals surface area contributed by atoms with Crippen LogP contribution in [0.5, 0.6) is 0 Å². The maximum Gasteiger partial charge on any atom is 0.0727 e. The number of fused-ring (bicyclic) bond motifs is 20. The smallest absolute Gasteiger partial charge is 0.0727 e. The second-order valence-corrected chi connectivity index (χ2v) is 17.1. The van der Waals surface area contributed by atoms with Crippen molar-refractivity contribution in [3.63, 3.8) is 0 Å². The topological polar surface area (TPSA) is 6.48 Å². The standard InChI is InChI=1S/C61H38N2/c1-2-18-42-41(17-1)49-23-7-13-29-57(49)62(58-30-14-8-24-50(42)58)39-33-35-47-48-36-34-40(38-56(48)61(55(47)37-39)53-27-11-5-21-45(53)46-22-6-12-28-54(46)61)63-59-31-15-9-25-51(59)43-19-3-4-20-44(43)52-26-10-16-32-60(52)63/h1-38H. The first-order valence-electron chi connectivity index (χ1n) is 21.9. The van der Waals surface area contributed by atoms with E-state index in [2.05, 4.69) is 240 Å². The molecule has 2 heteroatoms. The van der Waals surface area contributed by atoms with Crippen LogP contribution < -0.4 is 9.80 Å². The summed E-state index contributed by atoms with van der Waals surface area (Å²) in [5.41, 5.74) is 26.7. The van der Waals surface area contributed by atoms with Gasteiger partial charge in [0.05, 0.1) is 28.2 Å². The van der Waals surface area contributed by atoms with Gasteiger partial charge in [0.1, 0.15) is 0 Å². The van der Waals surface area contributed by atoms with Crippen LogP contribution in [-0.4, -0.2) is 0 Å². The third kappa shape index (κ3) is 4.57. The van der Waals surface area contributed by atoms with Gasteiger partial charge in [-0.15, -0.1) is 0 Å². The summed E-state index contributed by atoms with van der Waals surface area (Å²) in [5.74, 6) is 0. The minimum Gasteiger partial charge on any atom is -0.309 e. The Hall–Kier alpha value is -8.20. The zero-order chi connectivity index (χ0) is 41.2. The third-order valence-corrected chi connectivity index (χ3v) is 14.2. The van der Waals surface area contributed by atoms with Gasteiger partial charge < -0.3 is 9.80 Å². The molecule has 14 rings (SSSR count). The van der Waals surface area contributed by atoms with Crippen molar-refractivity contribution in [2.24, 2.45) is 0 Å². The summed E-state index contributed by atoms with van der Waals surface area (Å²) in [6, 6.07) is 86.2. The van der Waals surface area contributed by atoms with E-state index in [1.165, 1.54) is 112 Å². The molecule has 0 saturated carbocycles. The molecule has 0 radical (unpaired) electrons. The van der Waals surface area contributed by atoms with E-state index in [4.69, 9.17) is 0 Å². The number of para-hydroxylation sites is 4. The van der Waals surface area contributed by atoms with Gasteiger partial charge in [0.2, 0.25) is 0 Å². The van der Waals surface area contributed by atoms with Crippen molar-refractivity contribution in [2.75, 3.05) is 9.80 Å². The highest BCUT2D eigenvalue weighted by atomic mass is 15.2. The van der Waals surface area contributed by atoms with Crippen LogP contribution in [0.15, 0.2) is 231 Å². The van der Waals surface area contributed by atoms with Crippen LogP contribution in [0.3, 0.4) is 0 Å². The lowest BCUT2D eigenvalue weighted by Crippen LogP contribution is -2.26. The van der Waals surface area contributed by atoms with E-state index in [0.717, 1.165) is 11.4 Å². The Morgan fingerprint density at radius 2 is 0.460 bits per heavy atom. The Morgan fingerprint density at radius 1 is 0.206 bits per heavy atom. The van der Waals surface area contributed by atoms with Gasteiger partial charge in [-0.3, -0.25) is 0 Å². The van der Waals surface area contributed by atoms with E-state index in [1.54, 1.807) is 0 Å². The van der Waals surface area contributed by atoms with Gasteiger partial charge in [0.15, 0.2) is 0 Å². The molecule has 2 aliphatic heterocycles. The second-order valence-electron chi connectivity index (χ2n) is 17.1. The average Bonchev–Trinajstić information content (AvgIpc) is 3.71. The number of rotatable bonds is 2. The van der Waals surface area contributed by atoms with Crippen molar-refractivity contribution in [1.29, 1.82) is 0 Å². The number of hydrogen-bond donors (Lipinski definition) is 0. The highest BCUT2D eigenvalue weighted by molar-refractivity contribution is 6.05. The maximum atomic E-state index is 2.52. The monoisotopic (exact) mass is 798 g/mol. The molecule has 63 heavy (non-hydrogen) atoms. The lowest BCUT2D eigenvalue weighted by atomic mass is 9.70. The van der Waals surface area contributed by atoms with Crippen molar-refractivity contribution >= 4 is 34.1 Å². The lowest BCUT2D eigenvalue weighted by molar-refractivity contribution is 0.793. The van der Waals surface area contributed by atoms with Crippen LogP contribution in [0.1, 0.15) is 22.3 Å². The van der Waals surface area contributed by atoms with Crippen LogP contribution in [0.25, 0.3) is 66.8 Å². The second kappa shape index (κ2) is 12.9. The summed E-state index contributed by atoms with van der Waals surface area (Å²) in [7, 11) is 0. The molecule has 2 heterocycles. The molecule has 0 aromatic heterocycles. The molecule has 2 aliphatic carbocycles. The molecule has 0 unspecified atom stereocenters. The van der Waals surface area contributed by atoms with E-state index >= 15 is 0 Å². The number of nitrogens with zero attached hydrogens (tertiary/aromatic N) is 2. The predicted molar refractivity (Wildman–Crippen MR) is 261 cm³/mol. The van der Waals surface area contributed by atoms with Crippen LogP contribution in [-0.2, 0) is 5.41 Å². The number of benzene rings is 10. The molecule has 0 atom stereocenters. The fourth-order valence-corrected chi connectivity index (χ4v) is 11.7. The molecule has 0 amide bonds. The fourth-order valence-electron chi connectivity index (χ4n) is 11.7. The van der Waals surface area contributed by atoms with Crippen LogP contribution in [0, 0.1) is 0 Å². The highest BCUT2D eigenvalue weighted by Gasteiger charge is 2.52. The SMILES string of the molecule is c1ccc2c(c1)-c1ccccc1N(c1ccc3c(c1)C1(c4ccccc4-c4ccccc41)c1cc(N4c5ccccc5-c5ccccc5-c5ccccc54)ccc1-3)c1ccccc1-2. The van der Waals surface area contributed by atoms with Crippen LogP contribution in [0.2, 0.25) is 0 Å². The van der Waals surface area contributed by atoms with Crippen molar-refractivity contribution in [2.45, 2.75) is 5.41 Å². The number of hydrogen-bond acceptors (Lipinski definition) is 2. The van der Waals surface area contributed by atoms with Crippen molar-refractivity contribution in [3.05, 3.63) is 253 Å². The Bertz CT molecular complexity index is 3190. The molecule has 1 spiro atoms. The molecule has 292 valence electrons. The Morgan fingerprint density at radius 3 is 0.794 bits per heavy atom. The van der Waals surface area contributed by atoms with E-state index in [9.17, 15) is 0 Å². The van der Waals surface area contributed by atoms with Crippen LogP contribution >= 0.6 is 0 Å². The quantitative estimate of drug-likeness (QED) is 0.172. The first-order chi connectivity index (χ1) is 31.3. The first-order valence-corrected chi connectivity index (χ1v) is 21.9. The summed E-state index contributed by atoms with van der Waals surface area (Å²) in [6.07, 6.45) is 0. The van der Waals surface area contributed by atoms with Gasteiger partial charge in [-0.05, 0) is 115 Å². The summed E-state index contributed by atoms with van der Waals surface area (Å²) < 4.78 is 0. The molecule has 0 fully saturated rings. The van der Waals surface area contributed by atoms with Gasteiger partial charge in [0, 0.05) is 33.6 Å². The molecule has 0 N–H and O–H groups in total. The minimum absolute atomic E-state index is 0.564. The predicted octanol–water partition coefficient (Wildman–Crippen LogP) is 16.3. The molecule has 2 nitrogen and oxygen atoms in total. The van der Waals surface area contributed by atoms with Crippen LogP contribution in [0.4, 0.5) is 34.1 Å². The van der Waals surface area contributed by atoms with Crippen molar-refractivity contribution in [1.82, 2.24) is 0 Å². The minimum atomic E-state index is -0.564. The maximum absolute atomic E-state index is 2.52. The Balaban J connectivity index is 1.05. The van der Waals surface area contributed by atoms with Gasteiger partial charge in [-0.1, -0.05) is 182 Å². The first kappa shape index (κ1) is 34.5. The largest absolute Gasteiger partial charge is 0.309 e. The summed E-state index contributed by atoms with van der Waals surface area (Å²) >= 11 is 0. The summed E-state index contributed by atoms with van der Waals surface area (Å²) in [4.78, 5) is 5.01. The molecule has 10 aromatic carbocycles. The average molecular weight is 799 g/mol. The zero-order valence-electron chi connectivity index (χ0n) is 34.3. The van der Waals surface area contributed by atoms with Gasteiger partial charge in [0.25, 0.3) is 0 Å². The molecule has 0 bridgehead atoms. The Kier molecular flexibility index (Phi) is 7.07. The van der Waals surface area contributed by atoms with Crippen molar-refractivity contribution < 1.29 is 0 Å². The summed E-state index contributed by atoms with van der Waals surface area (Å²) in [6.45, 7) is 0. The molecular weight excluding hydrogens is 761 g/mol. The zero-order valence-corrected chi connectivity index (χ0v) is 34.3. The van der Waals surface area contributed by atoms with E-state index < -0.39 is 5.41 Å². The summed E-state index contributed by atoms with van der Waals surface area (Å²) in [5, 5.41) is 0. The Labute approximate surface area is 367 Å². The third-order valence-electron chi connectivity index (χ3n) is 14.2. The normalized spacial score (nSPS) is 13.8. The highest BCUT2D eigenvalue weighted by Crippen LogP contribution is 2.65.